The number of urea groups is 1. The third kappa shape index (κ3) is 3.40. The van der Waals surface area contributed by atoms with Gasteiger partial charge in [0.2, 0.25) is 0 Å². The summed E-state index contributed by atoms with van der Waals surface area (Å²) in [4.78, 5) is 23.8. The van der Waals surface area contributed by atoms with Crippen LogP contribution in [0.15, 0.2) is 0 Å². The van der Waals surface area contributed by atoms with E-state index in [0.717, 1.165) is 4.90 Å². The van der Waals surface area contributed by atoms with Gasteiger partial charge < -0.3 is 15.3 Å². The quantitative estimate of drug-likeness (QED) is 0.779. The van der Waals surface area contributed by atoms with Crippen LogP contribution in [0.25, 0.3) is 0 Å². The van der Waals surface area contributed by atoms with Crippen LogP contribution in [0.4, 0.5) is 18.0 Å². The first-order valence-electron chi connectivity index (χ1n) is 6.47. The maximum absolute atomic E-state index is 13.0. The van der Waals surface area contributed by atoms with Crippen LogP contribution >= 0.6 is 0 Å². The molecule has 2 unspecified atom stereocenters. The lowest BCUT2D eigenvalue weighted by molar-refractivity contribution is -0.226. The molecule has 0 bridgehead atoms. The maximum atomic E-state index is 13.0. The number of nitrogens with zero attached hydrogens (tertiary/aromatic N) is 1. The van der Waals surface area contributed by atoms with Crippen LogP contribution in [0.5, 0.6) is 0 Å². The molecule has 0 radical (unpaired) electrons. The average molecular weight is 306 g/mol. The van der Waals surface area contributed by atoms with Gasteiger partial charge in [0.1, 0.15) is 0 Å². The molecule has 8 heteroatoms. The molecule has 2 N–H and O–H groups in total. The first kappa shape index (κ1) is 17.1. The van der Waals surface area contributed by atoms with Crippen molar-refractivity contribution in [3.8, 4) is 12.3 Å². The fourth-order valence-electron chi connectivity index (χ4n) is 2.22. The summed E-state index contributed by atoms with van der Waals surface area (Å²) < 4.78 is 39.0. The molecule has 0 spiro atoms. The standard InChI is InChI=1S/C13H17F3N2O3/c1-3-5-9(4-2)17-11(21)18-7-6-12(8-18,10(19)20)13(14,15)16/h1,9H,4-8H2,2H3,(H,17,21)(H,19,20). The first-order chi connectivity index (χ1) is 9.67. The molecule has 1 fully saturated rings. The number of aliphatic carboxylic acids is 1. The van der Waals surface area contributed by atoms with Crippen LogP contribution in [0.1, 0.15) is 26.2 Å². The van der Waals surface area contributed by atoms with Crippen LogP contribution in [0.3, 0.4) is 0 Å². The third-order valence-corrected chi connectivity index (χ3v) is 3.69. The van der Waals surface area contributed by atoms with Gasteiger partial charge in [0.15, 0.2) is 5.41 Å². The largest absolute Gasteiger partial charge is 0.481 e. The zero-order chi connectivity index (χ0) is 16.3. The first-order valence-corrected chi connectivity index (χ1v) is 6.47. The highest BCUT2D eigenvalue weighted by Crippen LogP contribution is 2.45. The van der Waals surface area contributed by atoms with Gasteiger partial charge in [-0.15, -0.1) is 12.3 Å². The number of halogens is 3. The monoisotopic (exact) mass is 306 g/mol. The van der Waals surface area contributed by atoms with Gasteiger partial charge in [0.05, 0.1) is 0 Å². The second-order valence-corrected chi connectivity index (χ2v) is 5.02. The van der Waals surface area contributed by atoms with Crippen molar-refractivity contribution in [2.75, 3.05) is 13.1 Å². The molecule has 1 heterocycles. The Morgan fingerprint density at radius 2 is 2.14 bits per heavy atom. The van der Waals surface area contributed by atoms with Gasteiger partial charge in [-0.1, -0.05) is 6.92 Å². The fraction of sp³-hybridized carbons (Fsp3) is 0.692. The number of likely N-dealkylation sites (tertiary alicyclic amines) is 1. The van der Waals surface area contributed by atoms with Crippen molar-refractivity contribution in [3.05, 3.63) is 0 Å². The zero-order valence-corrected chi connectivity index (χ0v) is 11.5. The summed E-state index contributed by atoms with van der Waals surface area (Å²) in [6.07, 6.45) is 0.377. The van der Waals surface area contributed by atoms with E-state index in [1.807, 2.05) is 0 Å². The molecule has 0 aromatic carbocycles. The second-order valence-electron chi connectivity index (χ2n) is 5.02. The van der Waals surface area contributed by atoms with Gasteiger partial charge >= 0.3 is 18.2 Å². The van der Waals surface area contributed by atoms with Crippen LogP contribution in [-0.4, -0.2) is 47.3 Å². The SMILES string of the molecule is C#CCC(CC)NC(=O)N1CCC(C(=O)O)(C(F)(F)F)C1. The highest BCUT2D eigenvalue weighted by atomic mass is 19.4. The molecule has 21 heavy (non-hydrogen) atoms. The van der Waals surface area contributed by atoms with E-state index in [1.165, 1.54) is 0 Å². The van der Waals surface area contributed by atoms with Crippen molar-refractivity contribution in [3.63, 3.8) is 0 Å². The Kier molecular flexibility index (Phi) is 5.10. The summed E-state index contributed by atoms with van der Waals surface area (Å²) in [5.41, 5.74) is -2.89. The minimum absolute atomic E-state index is 0.260. The molecule has 1 aliphatic heterocycles. The highest BCUT2D eigenvalue weighted by Gasteiger charge is 2.64. The third-order valence-electron chi connectivity index (χ3n) is 3.69. The molecule has 0 saturated carbocycles. The van der Waals surface area contributed by atoms with Crippen molar-refractivity contribution in [2.24, 2.45) is 5.41 Å². The fourth-order valence-corrected chi connectivity index (χ4v) is 2.22. The molecule has 0 aromatic heterocycles. The molecular formula is C13H17F3N2O3. The van der Waals surface area contributed by atoms with Gasteiger partial charge in [-0.05, 0) is 12.8 Å². The number of carboxylic acid groups (broad SMARTS) is 1. The lowest BCUT2D eigenvalue weighted by Gasteiger charge is -2.27. The summed E-state index contributed by atoms with van der Waals surface area (Å²) in [6, 6.07) is -1.06. The topological polar surface area (TPSA) is 69.6 Å². The van der Waals surface area contributed by atoms with Crippen LogP contribution in [0.2, 0.25) is 0 Å². The van der Waals surface area contributed by atoms with Gasteiger partial charge in [0.25, 0.3) is 0 Å². The van der Waals surface area contributed by atoms with Crippen LogP contribution < -0.4 is 5.32 Å². The van der Waals surface area contributed by atoms with E-state index in [1.54, 1.807) is 6.92 Å². The molecule has 0 aliphatic carbocycles. The number of carbonyl (C=O) groups excluding carboxylic acids is 1. The highest BCUT2D eigenvalue weighted by molar-refractivity contribution is 5.80. The van der Waals surface area contributed by atoms with E-state index in [0.29, 0.717) is 6.42 Å². The molecule has 2 amide bonds. The second kappa shape index (κ2) is 6.24. The Bertz CT molecular complexity index is 459. The van der Waals surface area contributed by atoms with Crippen molar-refractivity contribution >= 4 is 12.0 Å². The van der Waals surface area contributed by atoms with Gasteiger partial charge in [0, 0.05) is 25.6 Å². The number of hydrogen-bond acceptors (Lipinski definition) is 2. The number of hydrogen-bond donors (Lipinski definition) is 2. The number of alkyl halides is 3. The average Bonchev–Trinajstić information content (AvgIpc) is 2.84. The number of nitrogens with one attached hydrogen (secondary N) is 1. The van der Waals surface area contributed by atoms with E-state index in [-0.39, 0.29) is 19.0 Å². The lowest BCUT2D eigenvalue weighted by atomic mass is 9.86. The molecule has 5 nitrogen and oxygen atoms in total. The Labute approximate surface area is 120 Å². The van der Waals surface area contributed by atoms with Gasteiger partial charge in [-0.25, -0.2) is 4.79 Å². The van der Waals surface area contributed by atoms with Crippen LogP contribution in [0, 0.1) is 17.8 Å². The molecule has 0 aromatic rings. The molecule has 1 saturated heterocycles. The van der Waals surface area contributed by atoms with Crippen molar-refractivity contribution in [1.82, 2.24) is 10.2 Å². The van der Waals surface area contributed by atoms with Gasteiger partial charge in [-0.2, -0.15) is 13.2 Å². The Morgan fingerprint density at radius 3 is 2.52 bits per heavy atom. The van der Waals surface area contributed by atoms with E-state index < -0.39 is 36.6 Å². The number of rotatable bonds is 4. The minimum atomic E-state index is -4.91. The summed E-state index contributed by atoms with van der Waals surface area (Å²) in [5.74, 6) is 0.409. The van der Waals surface area contributed by atoms with E-state index in [4.69, 9.17) is 11.5 Å². The zero-order valence-electron chi connectivity index (χ0n) is 11.5. The van der Waals surface area contributed by atoms with Crippen LogP contribution in [-0.2, 0) is 4.79 Å². The molecule has 2 atom stereocenters. The molecule has 1 aliphatic rings. The Morgan fingerprint density at radius 1 is 1.52 bits per heavy atom. The maximum Gasteiger partial charge on any atom is 0.406 e. The summed E-state index contributed by atoms with van der Waals surface area (Å²) >= 11 is 0. The smallest absolute Gasteiger partial charge is 0.406 e. The number of amides is 2. The molecule has 118 valence electrons. The van der Waals surface area contributed by atoms with Crippen molar-refractivity contribution in [2.45, 2.75) is 38.4 Å². The molecular weight excluding hydrogens is 289 g/mol. The van der Waals surface area contributed by atoms with Crippen molar-refractivity contribution in [1.29, 1.82) is 0 Å². The van der Waals surface area contributed by atoms with Gasteiger partial charge in [-0.3, -0.25) is 4.79 Å². The Hall–Kier alpha value is -1.91. The normalized spacial score (nSPS) is 23.5. The predicted molar refractivity (Wildman–Crippen MR) is 68.4 cm³/mol. The predicted octanol–water partition coefficient (Wildman–Crippen LogP) is 1.84. The minimum Gasteiger partial charge on any atom is -0.481 e. The number of terminal acetylenes is 1. The summed E-state index contributed by atoms with van der Waals surface area (Å²) in [5, 5.41) is 11.4. The van der Waals surface area contributed by atoms with E-state index in [9.17, 15) is 22.8 Å². The summed E-state index contributed by atoms with van der Waals surface area (Å²) in [7, 11) is 0. The summed E-state index contributed by atoms with van der Waals surface area (Å²) in [6.45, 7) is 0.637. The molecule has 1 rings (SSSR count). The van der Waals surface area contributed by atoms with E-state index in [2.05, 4.69) is 11.2 Å². The number of carboxylic acids is 1. The van der Waals surface area contributed by atoms with Crippen molar-refractivity contribution < 1.29 is 27.9 Å². The lowest BCUT2D eigenvalue weighted by Crippen LogP contribution is -2.50. The number of carbonyl (C=O) groups is 2. The Balaban J connectivity index is 2.79. The van der Waals surface area contributed by atoms with E-state index >= 15 is 0 Å².